The van der Waals surface area contributed by atoms with Crippen LogP contribution >= 0.6 is 15.9 Å². The second-order valence-electron chi connectivity index (χ2n) is 4.36. The number of fused-ring (bicyclic) bond motifs is 1. The Morgan fingerprint density at radius 3 is 2.90 bits per heavy atom. The van der Waals surface area contributed by atoms with E-state index in [4.69, 9.17) is 0 Å². The maximum atomic E-state index is 11.0. The molecule has 0 amide bonds. The van der Waals surface area contributed by atoms with Crippen LogP contribution < -0.4 is 0 Å². The molecule has 0 spiro atoms. The molecule has 0 aliphatic rings. The van der Waals surface area contributed by atoms with Crippen molar-refractivity contribution in [1.82, 2.24) is 14.4 Å². The number of rotatable bonds is 2. The van der Waals surface area contributed by atoms with E-state index in [1.165, 1.54) is 6.07 Å². The first-order valence-electron chi connectivity index (χ1n) is 5.80. The molecule has 2 aromatic heterocycles. The molecule has 0 saturated carbocycles. The number of nitro groups is 1. The highest BCUT2D eigenvalue weighted by atomic mass is 79.9. The molecule has 0 unspecified atom stereocenters. The van der Waals surface area contributed by atoms with Crippen molar-refractivity contribution in [1.29, 1.82) is 0 Å². The quantitative estimate of drug-likeness (QED) is 0.532. The van der Waals surface area contributed by atoms with Crippen molar-refractivity contribution in [3.8, 4) is 11.3 Å². The summed E-state index contributed by atoms with van der Waals surface area (Å²) in [4.78, 5) is 19.1. The van der Waals surface area contributed by atoms with Gasteiger partial charge in [-0.1, -0.05) is 12.1 Å². The third kappa shape index (κ3) is 2.16. The number of aryl methyl sites for hydroxylation is 1. The number of nitro benzene ring substituents is 1. The molecule has 100 valence electrons. The Bertz CT molecular complexity index is 828. The summed E-state index contributed by atoms with van der Waals surface area (Å²) >= 11 is 3.34. The van der Waals surface area contributed by atoms with Gasteiger partial charge in [-0.2, -0.15) is 0 Å². The van der Waals surface area contributed by atoms with Gasteiger partial charge < -0.3 is 0 Å². The van der Waals surface area contributed by atoms with Gasteiger partial charge in [0.25, 0.3) is 5.69 Å². The molecule has 6 nitrogen and oxygen atoms in total. The van der Waals surface area contributed by atoms with Gasteiger partial charge >= 0.3 is 0 Å². The van der Waals surface area contributed by atoms with Crippen LogP contribution in [0.1, 0.15) is 5.56 Å². The lowest BCUT2D eigenvalue weighted by molar-refractivity contribution is -0.385. The fourth-order valence-corrected chi connectivity index (χ4v) is 2.29. The molecule has 1 aromatic carbocycles. The zero-order chi connectivity index (χ0) is 14.3. The minimum atomic E-state index is -0.385. The average Bonchev–Trinajstić information content (AvgIpc) is 2.81. The lowest BCUT2D eigenvalue weighted by atomic mass is 10.1. The summed E-state index contributed by atoms with van der Waals surface area (Å²) in [7, 11) is 0. The van der Waals surface area contributed by atoms with Crippen LogP contribution in [0.5, 0.6) is 0 Å². The minimum Gasteiger partial charge on any atom is -0.289 e. The highest BCUT2D eigenvalue weighted by molar-refractivity contribution is 9.10. The lowest BCUT2D eigenvalue weighted by Gasteiger charge is -1.99. The predicted molar refractivity (Wildman–Crippen MR) is 77.5 cm³/mol. The lowest BCUT2D eigenvalue weighted by Crippen LogP contribution is -1.92. The number of benzene rings is 1. The number of imidazole rings is 1. The first-order chi connectivity index (χ1) is 9.54. The van der Waals surface area contributed by atoms with E-state index in [2.05, 4.69) is 25.9 Å². The van der Waals surface area contributed by atoms with Gasteiger partial charge in [0.05, 0.1) is 15.1 Å². The van der Waals surface area contributed by atoms with Crippen LogP contribution in [0.3, 0.4) is 0 Å². The Labute approximate surface area is 122 Å². The summed E-state index contributed by atoms with van der Waals surface area (Å²) in [5.41, 5.74) is 2.07. The van der Waals surface area contributed by atoms with Gasteiger partial charge in [0.2, 0.25) is 5.78 Å². The smallest absolute Gasteiger partial charge is 0.272 e. The second kappa shape index (κ2) is 4.68. The van der Waals surface area contributed by atoms with Crippen LogP contribution in [-0.2, 0) is 0 Å². The van der Waals surface area contributed by atoms with E-state index in [1.54, 1.807) is 29.8 Å². The van der Waals surface area contributed by atoms with Crippen molar-refractivity contribution < 1.29 is 4.92 Å². The summed E-state index contributed by atoms with van der Waals surface area (Å²) in [5.74, 6) is 0.548. The first kappa shape index (κ1) is 12.7. The van der Waals surface area contributed by atoms with E-state index in [0.717, 1.165) is 4.47 Å². The molecule has 3 aromatic rings. The molecule has 0 fully saturated rings. The van der Waals surface area contributed by atoms with Crippen molar-refractivity contribution in [2.45, 2.75) is 6.92 Å². The molecular formula is C13H9BrN4O2. The summed E-state index contributed by atoms with van der Waals surface area (Å²) in [6.07, 6.45) is 5.28. The molecule has 0 atom stereocenters. The Kier molecular flexibility index (Phi) is 2.98. The fraction of sp³-hybridized carbons (Fsp3) is 0.0769. The van der Waals surface area contributed by atoms with E-state index < -0.39 is 0 Å². The van der Waals surface area contributed by atoms with Crippen LogP contribution in [0.2, 0.25) is 0 Å². The maximum Gasteiger partial charge on any atom is 0.272 e. The Hall–Kier alpha value is -2.28. The number of halogens is 1. The number of hydrogen-bond acceptors (Lipinski definition) is 4. The summed E-state index contributed by atoms with van der Waals surface area (Å²) in [6, 6.07) is 5.08. The van der Waals surface area contributed by atoms with Crippen LogP contribution in [0.25, 0.3) is 17.0 Å². The Balaban J connectivity index is 2.15. The fourth-order valence-electron chi connectivity index (χ4n) is 1.96. The molecule has 0 aliphatic heterocycles. The third-order valence-electron chi connectivity index (χ3n) is 2.98. The summed E-state index contributed by atoms with van der Waals surface area (Å²) in [6.45, 7) is 1.71. The predicted octanol–water partition coefficient (Wildman–Crippen LogP) is 3.38. The van der Waals surface area contributed by atoms with Crippen LogP contribution in [-0.4, -0.2) is 19.3 Å². The van der Waals surface area contributed by atoms with E-state index in [9.17, 15) is 10.1 Å². The molecule has 20 heavy (non-hydrogen) atoms. The van der Waals surface area contributed by atoms with Gasteiger partial charge in [-0.25, -0.2) is 9.97 Å². The van der Waals surface area contributed by atoms with Gasteiger partial charge in [-0.05, 0) is 22.9 Å². The zero-order valence-corrected chi connectivity index (χ0v) is 12.0. The topological polar surface area (TPSA) is 73.3 Å². The maximum absolute atomic E-state index is 11.0. The molecule has 0 radical (unpaired) electrons. The third-order valence-corrected chi connectivity index (χ3v) is 3.39. The number of hydrogen-bond donors (Lipinski definition) is 0. The van der Waals surface area contributed by atoms with Crippen LogP contribution in [0, 0.1) is 17.0 Å². The van der Waals surface area contributed by atoms with Crippen molar-refractivity contribution in [2.24, 2.45) is 0 Å². The van der Waals surface area contributed by atoms with Crippen molar-refractivity contribution in [2.75, 3.05) is 0 Å². The molecule has 0 aliphatic carbocycles. The van der Waals surface area contributed by atoms with E-state index in [-0.39, 0.29) is 10.6 Å². The van der Waals surface area contributed by atoms with Crippen molar-refractivity contribution >= 4 is 27.4 Å². The van der Waals surface area contributed by atoms with Crippen molar-refractivity contribution in [3.05, 3.63) is 56.9 Å². The average molecular weight is 333 g/mol. The molecule has 3 rings (SSSR count). The highest BCUT2D eigenvalue weighted by Gasteiger charge is 2.13. The molecule has 2 heterocycles. The monoisotopic (exact) mass is 332 g/mol. The molecular weight excluding hydrogens is 324 g/mol. The van der Waals surface area contributed by atoms with Gasteiger partial charge in [-0.3, -0.25) is 14.5 Å². The standard InChI is InChI=1S/C13H9BrN4O2/c1-8-2-3-9(4-12(8)18(19)20)11-7-17-6-10(14)5-15-13(17)16-11/h2-7H,1H3. The first-order valence-corrected chi connectivity index (χ1v) is 6.59. The van der Waals surface area contributed by atoms with Crippen molar-refractivity contribution in [3.63, 3.8) is 0 Å². The summed E-state index contributed by atoms with van der Waals surface area (Å²) in [5, 5.41) is 11.0. The normalized spacial score (nSPS) is 10.9. The molecule has 0 saturated heterocycles. The zero-order valence-electron chi connectivity index (χ0n) is 10.4. The molecule has 0 bridgehead atoms. The summed E-state index contributed by atoms with van der Waals surface area (Å²) < 4.78 is 2.61. The largest absolute Gasteiger partial charge is 0.289 e. The van der Waals surface area contributed by atoms with E-state index in [1.807, 2.05) is 12.3 Å². The van der Waals surface area contributed by atoms with Gasteiger partial charge in [0.15, 0.2) is 0 Å². The van der Waals surface area contributed by atoms with Crippen LogP contribution in [0.4, 0.5) is 5.69 Å². The van der Waals surface area contributed by atoms with Gasteiger partial charge in [-0.15, -0.1) is 0 Å². The Morgan fingerprint density at radius 2 is 2.15 bits per heavy atom. The van der Waals surface area contributed by atoms with Gasteiger partial charge in [0.1, 0.15) is 0 Å². The van der Waals surface area contributed by atoms with E-state index in [0.29, 0.717) is 22.6 Å². The van der Waals surface area contributed by atoms with Gasteiger partial charge in [0, 0.05) is 35.8 Å². The minimum absolute atomic E-state index is 0.0914. The highest BCUT2D eigenvalue weighted by Crippen LogP contribution is 2.26. The van der Waals surface area contributed by atoms with E-state index >= 15 is 0 Å². The Morgan fingerprint density at radius 1 is 1.35 bits per heavy atom. The number of aromatic nitrogens is 3. The SMILES string of the molecule is Cc1ccc(-c2cn3cc(Br)cnc3n2)cc1[N+](=O)[O-]. The number of nitrogens with zero attached hydrogens (tertiary/aromatic N) is 4. The van der Waals surface area contributed by atoms with Crippen LogP contribution in [0.15, 0.2) is 41.3 Å². The molecule has 0 N–H and O–H groups in total. The second-order valence-corrected chi connectivity index (χ2v) is 5.28. The molecule has 7 heteroatoms.